The molecule has 2 aromatic heterocycles. The zero-order valence-electron chi connectivity index (χ0n) is 22.6. The number of aromatic nitrogens is 3. The standard InChI is InChI=1S/C32H28F3N3O4/c33-32(34,35)42-24-8-5-6-20(16-24)18-38-29-15-14-23(41-19-22-13-12-21-7-1-4-11-27(21)36-22)17-28(29)37-30(38)25-9-2-3-10-26(25)31(39)40/h1,4-8,11-17,25-26H,2-3,9-10,18-19H2,(H,39,40)/t25-,26?/m1/s1. The third-order valence-electron chi connectivity index (χ3n) is 7.68. The summed E-state index contributed by atoms with van der Waals surface area (Å²) >= 11 is 0. The van der Waals surface area contributed by atoms with Crippen LogP contribution in [0.4, 0.5) is 13.2 Å². The number of carboxylic acids is 1. The SMILES string of the molecule is O=C(O)C1CCCC[C@H]1c1nc2cc(OCc3ccc4ccccc4n3)ccc2n1Cc1cccc(OC(F)(F)F)c1. The third kappa shape index (κ3) is 6.02. The van der Waals surface area contributed by atoms with Crippen molar-refractivity contribution in [2.45, 2.75) is 51.1 Å². The molecule has 0 amide bonds. The van der Waals surface area contributed by atoms with Crippen LogP contribution in [0.5, 0.6) is 11.5 Å². The topological polar surface area (TPSA) is 86.5 Å². The number of hydrogen-bond acceptors (Lipinski definition) is 5. The van der Waals surface area contributed by atoms with Gasteiger partial charge in [-0.15, -0.1) is 13.2 Å². The lowest BCUT2D eigenvalue weighted by atomic mass is 9.78. The van der Waals surface area contributed by atoms with Gasteiger partial charge >= 0.3 is 12.3 Å². The lowest BCUT2D eigenvalue weighted by Crippen LogP contribution is -2.27. The molecule has 0 bridgehead atoms. The molecule has 1 N–H and O–H groups in total. The zero-order chi connectivity index (χ0) is 29.3. The summed E-state index contributed by atoms with van der Waals surface area (Å²) in [4.78, 5) is 21.7. The van der Waals surface area contributed by atoms with E-state index < -0.39 is 18.2 Å². The maximum atomic E-state index is 12.9. The highest BCUT2D eigenvalue weighted by molar-refractivity contribution is 5.79. The van der Waals surface area contributed by atoms with E-state index in [2.05, 4.69) is 9.72 Å². The van der Waals surface area contributed by atoms with Crippen LogP contribution in [-0.2, 0) is 17.9 Å². The van der Waals surface area contributed by atoms with Gasteiger partial charge in [0.1, 0.15) is 23.9 Å². The van der Waals surface area contributed by atoms with E-state index in [0.717, 1.165) is 35.0 Å². The zero-order valence-corrected chi connectivity index (χ0v) is 22.6. The maximum absolute atomic E-state index is 12.9. The summed E-state index contributed by atoms with van der Waals surface area (Å²) in [7, 11) is 0. The predicted octanol–water partition coefficient (Wildman–Crippen LogP) is 7.47. The minimum atomic E-state index is -4.80. The molecular formula is C32H28F3N3O4. The molecule has 1 saturated carbocycles. The summed E-state index contributed by atoms with van der Waals surface area (Å²) in [5, 5.41) is 11.0. The molecule has 1 fully saturated rings. The fraction of sp³-hybridized carbons (Fsp3) is 0.281. The number of nitrogens with zero attached hydrogens (tertiary/aromatic N) is 3. The van der Waals surface area contributed by atoms with Gasteiger partial charge < -0.3 is 19.1 Å². The molecule has 2 atom stereocenters. The number of pyridine rings is 1. The second-order valence-electron chi connectivity index (χ2n) is 10.5. The molecule has 0 aliphatic heterocycles. The quantitative estimate of drug-likeness (QED) is 0.207. The number of fused-ring (bicyclic) bond motifs is 2. The minimum Gasteiger partial charge on any atom is -0.487 e. The number of ether oxygens (including phenoxy) is 2. The highest BCUT2D eigenvalue weighted by Gasteiger charge is 2.35. The molecule has 10 heteroatoms. The number of para-hydroxylation sites is 1. The summed E-state index contributed by atoms with van der Waals surface area (Å²) in [5.41, 5.74) is 3.57. The van der Waals surface area contributed by atoms with Crippen LogP contribution in [0.2, 0.25) is 0 Å². The van der Waals surface area contributed by atoms with Gasteiger partial charge in [-0.2, -0.15) is 0 Å². The second-order valence-corrected chi connectivity index (χ2v) is 10.5. The van der Waals surface area contributed by atoms with Gasteiger partial charge in [0.05, 0.1) is 28.2 Å². The molecular weight excluding hydrogens is 547 g/mol. The molecule has 0 saturated heterocycles. The number of imidazole rings is 1. The van der Waals surface area contributed by atoms with E-state index >= 15 is 0 Å². The van der Waals surface area contributed by atoms with Gasteiger partial charge in [-0.25, -0.2) is 9.97 Å². The smallest absolute Gasteiger partial charge is 0.487 e. The third-order valence-corrected chi connectivity index (χ3v) is 7.68. The van der Waals surface area contributed by atoms with E-state index in [-0.39, 0.29) is 24.8 Å². The summed E-state index contributed by atoms with van der Waals surface area (Å²) in [5.74, 6) is -0.926. The number of aliphatic carboxylic acids is 1. The van der Waals surface area contributed by atoms with Crippen molar-refractivity contribution < 1.29 is 32.5 Å². The Morgan fingerprint density at radius 1 is 0.905 bits per heavy atom. The number of carbonyl (C=O) groups is 1. The number of benzene rings is 3. The lowest BCUT2D eigenvalue weighted by molar-refractivity contribution is -0.274. The number of alkyl halides is 3. The lowest BCUT2D eigenvalue weighted by Gasteiger charge is -2.28. The maximum Gasteiger partial charge on any atom is 0.573 e. The Kier molecular flexibility index (Phi) is 7.45. The van der Waals surface area contributed by atoms with Crippen LogP contribution < -0.4 is 9.47 Å². The largest absolute Gasteiger partial charge is 0.573 e. The molecule has 42 heavy (non-hydrogen) atoms. The van der Waals surface area contributed by atoms with Crippen molar-refractivity contribution in [3.05, 3.63) is 95.9 Å². The Hall–Kier alpha value is -4.60. The second kappa shape index (κ2) is 11.3. The van der Waals surface area contributed by atoms with Gasteiger partial charge in [-0.3, -0.25) is 4.79 Å². The molecule has 7 nitrogen and oxygen atoms in total. The first-order valence-corrected chi connectivity index (χ1v) is 13.8. The molecule has 6 rings (SSSR count). The fourth-order valence-electron chi connectivity index (χ4n) is 5.77. The molecule has 216 valence electrons. The highest BCUT2D eigenvalue weighted by atomic mass is 19.4. The van der Waals surface area contributed by atoms with Crippen LogP contribution in [0.1, 0.15) is 48.7 Å². The number of carboxylic acid groups (broad SMARTS) is 1. The van der Waals surface area contributed by atoms with Crippen molar-refractivity contribution in [1.29, 1.82) is 0 Å². The van der Waals surface area contributed by atoms with Crippen molar-refractivity contribution in [3.8, 4) is 11.5 Å². The summed E-state index contributed by atoms with van der Waals surface area (Å²) in [6.45, 7) is 0.449. The molecule has 1 aliphatic rings. The Labute approximate surface area is 239 Å². The first kappa shape index (κ1) is 27.6. The fourth-order valence-corrected chi connectivity index (χ4v) is 5.77. The van der Waals surface area contributed by atoms with Crippen molar-refractivity contribution in [2.24, 2.45) is 5.92 Å². The summed E-state index contributed by atoms with van der Waals surface area (Å²) < 4.78 is 50.6. The van der Waals surface area contributed by atoms with Crippen LogP contribution >= 0.6 is 0 Å². The van der Waals surface area contributed by atoms with Crippen LogP contribution in [0.15, 0.2) is 78.9 Å². The Morgan fingerprint density at radius 2 is 1.74 bits per heavy atom. The molecule has 0 spiro atoms. The average Bonchev–Trinajstić information content (AvgIpc) is 3.32. The van der Waals surface area contributed by atoms with Gasteiger partial charge in [0.2, 0.25) is 0 Å². The number of rotatable bonds is 8. The molecule has 2 heterocycles. The van der Waals surface area contributed by atoms with Gasteiger partial charge in [0.25, 0.3) is 0 Å². The van der Waals surface area contributed by atoms with Crippen molar-refractivity contribution in [2.75, 3.05) is 0 Å². The number of halogens is 3. The molecule has 1 aliphatic carbocycles. The summed E-state index contributed by atoms with van der Waals surface area (Å²) in [6.07, 6.45) is -1.90. The molecule has 0 radical (unpaired) electrons. The molecule has 3 aromatic carbocycles. The van der Waals surface area contributed by atoms with E-state index in [1.807, 2.05) is 53.1 Å². The van der Waals surface area contributed by atoms with Crippen molar-refractivity contribution >= 4 is 27.9 Å². The first-order valence-electron chi connectivity index (χ1n) is 13.8. The van der Waals surface area contributed by atoms with E-state index in [1.54, 1.807) is 12.1 Å². The number of hydrogen-bond donors (Lipinski definition) is 1. The van der Waals surface area contributed by atoms with E-state index in [0.29, 0.717) is 35.5 Å². The van der Waals surface area contributed by atoms with E-state index in [9.17, 15) is 23.1 Å². The Bertz CT molecular complexity index is 1750. The molecule has 1 unspecified atom stereocenters. The minimum absolute atomic E-state index is 0.199. The molecule has 5 aromatic rings. The Balaban J connectivity index is 1.33. The van der Waals surface area contributed by atoms with E-state index in [1.165, 1.54) is 18.2 Å². The van der Waals surface area contributed by atoms with Gasteiger partial charge in [0.15, 0.2) is 0 Å². The van der Waals surface area contributed by atoms with Crippen LogP contribution in [0.3, 0.4) is 0 Å². The van der Waals surface area contributed by atoms with Gasteiger partial charge in [-0.1, -0.05) is 49.2 Å². The monoisotopic (exact) mass is 575 g/mol. The van der Waals surface area contributed by atoms with Crippen molar-refractivity contribution in [3.63, 3.8) is 0 Å². The van der Waals surface area contributed by atoms with Crippen LogP contribution in [0, 0.1) is 5.92 Å². The van der Waals surface area contributed by atoms with Crippen LogP contribution in [-0.4, -0.2) is 32.0 Å². The van der Waals surface area contributed by atoms with Crippen LogP contribution in [0.25, 0.3) is 21.9 Å². The van der Waals surface area contributed by atoms with Crippen molar-refractivity contribution in [1.82, 2.24) is 14.5 Å². The summed E-state index contributed by atoms with van der Waals surface area (Å²) in [6, 6.07) is 23.0. The normalized spacial score (nSPS) is 17.4. The van der Waals surface area contributed by atoms with Gasteiger partial charge in [0, 0.05) is 23.9 Å². The van der Waals surface area contributed by atoms with E-state index in [4.69, 9.17) is 9.72 Å². The first-order chi connectivity index (χ1) is 20.2. The predicted molar refractivity (Wildman–Crippen MR) is 150 cm³/mol. The Morgan fingerprint density at radius 3 is 2.57 bits per heavy atom. The average molecular weight is 576 g/mol. The van der Waals surface area contributed by atoms with Gasteiger partial charge in [-0.05, 0) is 54.8 Å². The highest BCUT2D eigenvalue weighted by Crippen LogP contribution is 2.39.